The molecule has 0 aliphatic carbocycles. The molecule has 0 aromatic heterocycles. The molecular weight excluding hydrogens is 386 g/mol. The summed E-state index contributed by atoms with van der Waals surface area (Å²) in [6.07, 6.45) is 0.292. The van der Waals surface area contributed by atoms with Gasteiger partial charge in [-0.25, -0.2) is 4.79 Å². The number of esters is 3. The quantitative estimate of drug-likeness (QED) is 0.484. The van der Waals surface area contributed by atoms with Crippen LogP contribution in [0.25, 0.3) is 0 Å². The first-order valence-electron chi connectivity index (χ1n) is 8.74. The molecule has 8 heteroatoms. The second-order valence-corrected chi connectivity index (χ2v) is 8.48. The van der Waals surface area contributed by atoms with E-state index in [4.69, 9.17) is 9.47 Å². The van der Waals surface area contributed by atoms with Crippen molar-refractivity contribution in [2.75, 3.05) is 7.11 Å². The third-order valence-electron chi connectivity index (χ3n) is 3.65. The standard InChI is InChI=1S/C20H29NO6.ClH/c1-19(2,3)17(23)26-14-9-8-12(10-13(21)16(22)25-7)11-15(14)27-18(24)20(4,5)6;/h8-9,11,13H,10,21H2,1-7H3;1H/t13-;/m0./s1. The Morgan fingerprint density at radius 1 is 0.929 bits per heavy atom. The van der Waals surface area contributed by atoms with E-state index in [1.807, 2.05) is 0 Å². The summed E-state index contributed by atoms with van der Waals surface area (Å²) in [6.45, 7) is 10.4. The van der Waals surface area contributed by atoms with Crippen LogP contribution in [0, 0.1) is 10.8 Å². The van der Waals surface area contributed by atoms with Crippen LogP contribution in [0.15, 0.2) is 18.2 Å². The number of methoxy groups -OCH3 is 1. The fourth-order valence-electron chi connectivity index (χ4n) is 1.88. The van der Waals surface area contributed by atoms with E-state index in [0.29, 0.717) is 12.0 Å². The smallest absolute Gasteiger partial charge is 0.364 e. The maximum absolute atomic E-state index is 12.3. The Kier molecular flexibility index (Phi) is 9.14. The maximum Gasteiger partial charge on any atom is 0.364 e. The fourth-order valence-corrected chi connectivity index (χ4v) is 1.88. The number of halogens is 1. The second-order valence-electron chi connectivity index (χ2n) is 8.48. The van der Waals surface area contributed by atoms with Crippen molar-refractivity contribution >= 4 is 17.9 Å². The molecule has 0 heterocycles. The molecule has 0 aliphatic heterocycles. The van der Waals surface area contributed by atoms with Crippen LogP contribution in [0.4, 0.5) is 0 Å². The molecule has 0 aliphatic rings. The van der Waals surface area contributed by atoms with Crippen molar-refractivity contribution in [1.82, 2.24) is 0 Å². The largest absolute Gasteiger partial charge is 1.00 e. The average molecular weight is 416 g/mol. The van der Waals surface area contributed by atoms with Crippen molar-refractivity contribution < 1.29 is 46.7 Å². The molecule has 0 unspecified atom stereocenters. The summed E-state index contributed by atoms with van der Waals surface area (Å²) in [5, 5.41) is 0. The predicted octanol–water partition coefficient (Wildman–Crippen LogP) is -1.08. The van der Waals surface area contributed by atoms with Crippen molar-refractivity contribution in [3.8, 4) is 11.5 Å². The van der Waals surface area contributed by atoms with E-state index in [9.17, 15) is 14.4 Å². The Hall–Kier alpha value is -2.12. The Morgan fingerprint density at radius 2 is 1.39 bits per heavy atom. The molecular formula is C20H30ClNO6. The lowest BCUT2D eigenvalue weighted by Gasteiger charge is -2.21. The molecule has 28 heavy (non-hydrogen) atoms. The van der Waals surface area contributed by atoms with E-state index in [1.165, 1.54) is 7.11 Å². The summed E-state index contributed by atoms with van der Waals surface area (Å²) in [4.78, 5) is 36.1. The van der Waals surface area contributed by atoms with Gasteiger partial charge in [0, 0.05) is 6.42 Å². The normalized spacial score (nSPS) is 12.4. The fraction of sp³-hybridized carbons (Fsp3) is 0.550. The number of benzene rings is 1. The molecule has 1 rings (SSSR count). The van der Waals surface area contributed by atoms with Crippen LogP contribution in [0.5, 0.6) is 11.5 Å². The zero-order valence-corrected chi connectivity index (χ0v) is 18.3. The maximum atomic E-state index is 12.3. The summed E-state index contributed by atoms with van der Waals surface area (Å²) in [6, 6.07) is 4.22. The van der Waals surface area contributed by atoms with E-state index >= 15 is 0 Å². The second kappa shape index (κ2) is 9.89. The lowest BCUT2D eigenvalue weighted by molar-refractivity contribution is -0.407. The van der Waals surface area contributed by atoms with Crippen molar-refractivity contribution in [1.29, 1.82) is 0 Å². The van der Waals surface area contributed by atoms with Crippen molar-refractivity contribution in [3.63, 3.8) is 0 Å². The highest BCUT2D eigenvalue weighted by atomic mass is 35.5. The molecule has 1 aromatic carbocycles. The molecule has 0 saturated carbocycles. The molecule has 0 fully saturated rings. The zero-order chi connectivity index (χ0) is 21.0. The number of ether oxygens (including phenoxy) is 3. The van der Waals surface area contributed by atoms with E-state index in [-0.39, 0.29) is 23.9 Å². The zero-order valence-electron chi connectivity index (χ0n) is 17.6. The van der Waals surface area contributed by atoms with Gasteiger partial charge in [0.1, 0.15) is 0 Å². The van der Waals surface area contributed by atoms with Gasteiger partial charge < -0.3 is 32.4 Å². The topological polar surface area (TPSA) is 107 Å². The summed E-state index contributed by atoms with van der Waals surface area (Å²) in [5.74, 6) is -1.08. The molecule has 7 nitrogen and oxygen atoms in total. The van der Waals surface area contributed by atoms with Crippen LogP contribution in [-0.4, -0.2) is 31.1 Å². The summed E-state index contributed by atoms with van der Waals surface area (Å²) in [7, 11) is 1.30. The monoisotopic (exact) mass is 415 g/mol. The van der Waals surface area contributed by atoms with Gasteiger partial charge in [-0.15, -0.1) is 0 Å². The Labute approximate surface area is 172 Å². The first-order chi connectivity index (χ1) is 12.3. The lowest BCUT2D eigenvalue weighted by atomic mass is 9.97. The lowest BCUT2D eigenvalue weighted by Crippen LogP contribution is -3.00. The van der Waals surface area contributed by atoms with Gasteiger partial charge in [0.05, 0.1) is 17.9 Å². The van der Waals surface area contributed by atoms with E-state index in [0.717, 1.165) is 0 Å². The number of hydrogen-bond acceptors (Lipinski definition) is 6. The highest BCUT2D eigenvalue weighted by Crippen LogP contribution is 2.32. The van der Waals surface area contributed by atoms with Gasteiger partial charge in [0.15, 0.2) is 17.5 Å². The Morgan fingerprint density at radius 3 is 1.82 bits per heavy atom. The number of hydrogen-bond donors (Lipinski definition) is 1. The number of carbonyl (C=O) groups excluding carboxylic acids is 3. The van der Waals surface area contributed by atoms with Crippen molar-refractivity contribution in [2.45, 2.75) is 54.0 Å². The minimum absolute atomic E-state index is 0. The molecule has 0 amide bonds. The highest BCUT2D eigenvalue weighted by molar-refractivity contribution is 5.81. The van der Waals surface area contributed by atoms with Gasteiger partial charge in [-0.2, -0.15) is 0 Å². The van der Waals surface area contributed by atoms with Crippen molar-refractivity contribution in [3.05, 3.63) is 23.8 Å². The molecule has 158 valence electrons. The van der Waals surface area contributed by atoms with Gasteiger partial charge in [0.2, 0.25) is 0 Å². The first kappa shape index (κ1) is 25.9. The third kappa shape index (κ3) is 7.48. The molecule has 1 aromatic rings. The van der Waals surface area contributed by atoms with Crippen LogP contribution in [-0.2, 0) is 25.5 Å². The Balaban J connectivity index is 0.00000729. The van der Waals surface area contributed by atoms with Crippen LogP contribution in [0.1, 0.15) is 47.1 Å². The van der Waals surface area contributed by atoms with Gasteiger partial charge in [-0.1, -0.05) is 6.07 Å². The summed E-state index contributed by atoms with van der Waals surface area (Å²) < 4.78 is 15.6. The Bertz CT molecular complexity index is 718. The molecule has 0 bridgehead atoms. The van der Waals surface area contributed by atoms with Crippen LogP contribution in [0.3, 0.4) is 0 Å². The SMILES string of the molecule is COC(=O)[C@@H]([NH3+])Cc1ccc(OC(=O)C(C)(C)C)c(OC(=O)C(C)(C)C)c1.[Cl-]. The number of quaternary nitrogens is 1. The minimum atomic E-state index is -0.734. The number of carbonyl (C=O) groups is 3. The highest BCUT2D eigenvalue weighted by Gasteiger charge is 2.28. The van der Waals surface area contributed by atoms with E-state index in [1.54, 1.807) is 59.7 Å². The molecule has 0 radical (unpaired) electrons. The minimum Gasteiger partial charge on any atom is -1.00 e. The van der Waals surface area contributed by atoms with E-state index in [2.05, 4.69) is 10.5 Å². The molecule has 0 saturated heterocycles. The van der Waals surface area contributed by atoms with Crippen molar-refractivity contribution in [2.24, 2.45) is 10.8 Å². The molecule has 1 atom stereocenters. The van der Waals surface area contributed by atoms with Gasteiger partial charge >= 0.3 is 17.9 Å². The third-order valence-corrected chi connectivity index (χ3v) is 3.65. The van der Waals surface area contributed by atoms with Crippen LogP contribution < -0.4 is 27.6 Å². The molecule has 3 N–H and O–H groups in total. The van der Waals surface area contributed by atoms with Gasteiger partial charge in [-0.05, 0) is 59.2 Å². The van der Waals surface area contributed by atoms with Crippen LogP contribution >= 0.6 is 0 Å². The van der Waals surface area contributed by atoms with Crippen LogP contribution in [0.2, 0.25) is 0 Å². The molecule has 0 spiro atoms. The summed E-state index contributed by atoms with van der Waals surface area (Å²) in [5.41, 5.74) is 3.02. The summed E-state index contributed by atoms with van der Waals surface area (Å²) >= 11 is 0. The van der Waals surface area contributed by atoms with Gasteiger partial charge in [-0.3, -0.25) is 9.59 Å². The average Bonchev–Trinajstić information content (AvgIpc) is 2.54. The van der Waals surface area contributed by atoms with E-state index < -0.39 is 34.8 Å². The predicted molar refractivity (Wildman–Crippen MR) is 99.0 cm³/mol. The first-order valence-corrected chi connectivity index (χ1v) is 8.74. The number of rotatable bonds is 5. The van der Waals surface area contributed by atoms with Gasteiger partial charge in [0.25, 0.3) is 0 Å².